The molecule has 0 aromatic heterocycles. The quantitative estimate of drug-likeness (QED) is 0.763. The summed E-state index contributed by atoms with van der Waals surface area (Å²) >= 11 is 0. The molecule has 16 heavy (non-hydrogen) atoms. The lowest BCUT2D eigenvalue weighted by atomic mass is 9.89. The Morgan fingerprint density at radius 1 is 1.50 bits per heavy atom. The Labute approximate surface area is 95.1 Å². The standard InChI is InChI=1S/C13H16FNO/c1-2-15-7-6-13(16)12(9-15)10-4-3-5-11(14)8-10/h3-5,8,12H,2,6-7,9H2,1H3. The van der Waals surface area contributed by atoms with Crippen LogP contribution in [0.1, 0.15) is 24.8 Å². The fraction of sp³-hybridized carbons (Fsp3) is 0.462. The van der Waals surface area contributed by atoms with Crippen molar-refractivity contribution in [2.45, 2.75) is 19.3 Å². The molecule has 1 unspecified atom stereocenters. The summed E-state index contributed by atoms with van der Waals surface area (Å²) in [6.07, 6.45) is 0.578. The van der Waals surface area contributed by atoms with Crippen molar-refractivity contribution in [3.8, 4) is 0 Å². The summed E-state index contributed by atoms with van der Waals surface area (Å²) in [5.74, 6) is -0.182. The molecule has 1 heterocycles. The van der Waals surface area contributed by atoms with Gasteiger partial charge in [-0.2, -0.15) is 0 Å². The number of rotatable bonds is 2. The van der Waals surface area contributed by atoms with Crippen molar-refractivity contribution < 1.29 is 9.18 Å². The predicted molar refractivity (Wildman–Crippen MR) is 60.9 cm³/mol. The van der Waals surface area contributed by atoms with Crippen molar-refractivity contribution in [3.63, 3.8) is 0 Å². The SMILES string of the molecule is CCN1CCC(=O)C(c2cccc(F)c2)C1. The second-order valence-electron chi connectivity index (χ2n) is 4.22. The van der Waals surface area contributed by atoms with Gasteiger partial charge in [-0.3, -0.25) is 4.79 Å². The number of hydrogen-bond donors (Lipinski definition) is 0. The summed E-state index contributed by atoms with van der Waals surface area (Å²) in [6, 6.07) is 6.39. The third kappa shape index (κ3) is 2.30. The van der Waals surface area contributed by atoms with Gasteiger partial charge in [0.05, 0.1) is 5.92 Å². The van der Waals surface area contributed by atoms with Gasteiger partial charge in [0, 0.05) is 19.5 Å². The van der Waals surface area contributed by atoms with Gasteiger partial charge >= 0.3 is 0 Å². The van der Waals surface area contributed by atoms with Crippen LogP contribution in [-0.4, -0.2) is 30.3 Å². The second-order valence-corrected chi connectivity index (χ2v) is 4.22. The molecule has 3 heteroatoms. The largest absolute Gasteiger partial charge is 0.302 e. The number of likely N-dealkylation sites (tertiary alicyclic amines) is 1. The van der Waals surface area contributed by atoms with Crippen LogP contribution in [0.25, 0.3) is 0 Å². The van der Waals surface area contributed by atoms with Gasteiger partial charge < -0.3 is 4.90 Å². The fourth-order valence-electron chi connectivity index (χ4n) is 2.20. The smallest absolute Gasteiger partial charge is 0.142 e. The van der Waals surface area contributed by atoms with Gasteiger partial charge in [-0.15, -0.1) is 0 Å². The van der Waals surface area contributed by atoms with Crippen molar-refractivity contribution in [3.05, 3.63) is 35.6 Å². The molecule has 0 bridgehead atoms. The van der Waals surface area contributed by atoms with E-state index in [0.717, 1.165) is 25.2 Å². The van der Waals surface area contributed by atoms with Gasteiger partial charge in [0.15, 0.2) is 0 Å². The van der Waals surface area contributed by atoms with Crippen LogP contribution in [0.4, 0.5) is 4.39 Å². The molecule has 1 aliphatic heterocycles. The molecule has 86 valence electrons. The molecule has 1 atom stereocenters. The number of ketones is 1. The molecular weight excluding hydrogens is 205 g/mol. The van der Waals surface area contributed by atoms with Crippen LogP contribution in [0.5, 0.6) is 0 Å². The molecule has 0 radical (unpaired) electrons. The molecule has 2 rings (SSSR count). The lowest BCUT2D eigenvalue weighted by Crippen LogP contribution is -2.39. The van der Waals surface area contributed by atoms with E-state index >= 15 is 0 Å². The molecule has 0 aliphatic carbocycles. The van der Waals surface area contributed by atoms with Crippen molar-refractivity contribution in [2.24, 2.45) is 0 Å². The second kappa shape index (κ2) is 4.74. The van der Waals surface area contributed by atoms with Crippen LogP contribution >= 0.6 is 0 Å². The van der Waals surface area contributed by atoms with Crippen LogP contribution in [0.15, 0.2) is 24.3 Å². The van der Waals surface area contributed by atoms with Crippen molar-refractivity contribution in [2.75, 3.05) is 19.6 Å². The molecule has 1 fully saturated rings. The Hall–Kier alpha value is -1.22. The van der Waals surface area contributed by atoms with E-state index in [1.165, 1.54) is 12.1 Å². The van der Waals surface area contributed by atoms with Gasteiger partial charge in [-0.05, 0) is 24.2 Å². The van der Waals surface area contributed by atoms with Crippen molar-refractivity contribution in [1.82, 2.24) is 4.90 Å². The number of nitrogens with zero attached hydrogens (tertiary/aromatic N) is 1. The molecule has 1 aromatic rings. The van der Waals surface area contributed by atoms with Crippen molar-refractivity contribution in [1.29, 1.82) is 0 Å². The summed E-state index contributed by atoms with van der Waals surface area (Å²) in [4.78, 5) is 14.1. The zero-order valence-corrected chi connectivity index (χ0v) is 9.45. The lowest BCUT2D eigenvalue weighted by Gasteiger charge is -2.31. The monoisotopic (exact) mass is 221 g/mol. The Morgan fingerprint density at radius 2 is 2.31 bits per heavy atom. The minimum atomic E-state index is -0.265. The first-order valence-corrected chi connectivity index (χ1v) is 5.71. The van der Waals surface area contributed by atoms with Gasteiger partial charge in [-0.1, -0.05) is 19.1 Å². The Balaban J connectivity index is 2.21. The zero-order valence-electron chi connectivity index (χ0n) is 9.45. The molecular formula is C13H16FNO. The zero-order chi connectivity index (χ0) is 11.5. The summed E-state index contributed by atoms with van der Waals surface area (Å²) in [5, 5.41) is 0. The van der Waals surface area contributed by atoms with E-state index in [2.05, 4.69) is 11.8 Å². The molecule has 0 amide bonds. The number of halogens is 1. The molecule has 2 nitrogen and oxygen atoms in total. The molecule has 0 N–H and O–H groups in total. The van der Waals surface area contributed by atoms with Crippen LogP contribution in [0.2, 0.25) is 0 Å². The third-order valence-electron chi connectivity index (χ3n) is 3.20. The number of carbonyl (C=O) groups excluding carboxylic acids is 1. The fourth-order valence-corrected chi connectivity index (χ4v) is 2.20. The van der Waals surface area contributed by atoms with E-state index in [9.17, 15) is 9.18 Å². The lowest BCUT2D eigenvalue weighted by molar-refractivity contribution is -0.123. The highest BCUT2D eigenvalue weighted by molar-refractivity contribution is 5.86. The normalized spacial score (nSPS) is 22.4. The van der Waals surface area contributed by atoms with Crippen LogP contribution in [0.3, 0.4) is 0 Å². The number of hydrogen-bond acceptors (Lipinski definition) is 2. The summed E-state index contributed by atoms with van der Waals surface area (Å²) in [6.45, 7) is 4.58. The number of piperidine rings is 1. The van der Waals surface area contributed by atoms with E-state index in [4.69, 9.17) is 0 Å². The Bertz CT molecular complexity index is 391. The molecule has 1 aliphatic rings. The highest BCUT2D eigenvalue weighted by Crippen LogP contribution is 2.24. The maximum Gasteiger partial charge on any atom is 0.142 e. The van der Waals surface area contributed by atoms with Crippen molar-refractivity contribution >= 4 is 5.78 Å². The minimum absolute atomic E-state index is 0.149. The highest BCUT2D eigenvalue weighted by atomic mass is 19.1. The first-order chi connectivity index (χ1) is 7.70. The highest BCUT2D eigenvalue weighted by Gasteiger charge is 2.27. The van der Waals surface area contributed by atoms with E-state index in [1.54, 1.807) is 6.07 Å². The molecule has 0 saturated carbocycles. The van der Waals surface area contributed by atoms with Crippen LogP contribution in [-0.2, 0) is 4.79 Å². The number of benzene rings is 1. The number of likely N-dealkylation sites (N-methyl/N-ethyl adjacent to an activating group) is 1. The van der Waals surface area contributed by atoms with Gasteiger partial charge in [0.25, 0.3) is 0 Å². The molecule has 0 spiro atoms. The van der Waals surface area contributed by atoms with E-state index in [0.29, 0.717) is 6.42 Å². The molecule has 1 saturated heterocycles. The first-order valence-electron chi connectivity index (χ1n) is 5.71. The van der Waals surface area contributed by atoms with Gasteiger partial charge in [-0.25, -0.2) is 4.39 Å². The maximum absolute atomic E-state index is 13.1. The van der Waals surface area contributed by atoms with Crippen LogP contribution < -0.4 is 0 Å². The Morgan fingerprint density at radius 3 is 3.00 bits per heavy atom. The van der Waals surface area contributed by atoms with Crippen LogP contribution in [0, 0.1) is 5.82 Å². The van der Waals surface area contributed by atoms with E-state index < -0.39 is 0 Å². The number of carbonyl (C=O) groups is 1. The van der Waals surface area contributed by atoms with E-state index in [1.807, 2.05) is 6.07 Å². The summed E-state index contributed by atoms with van der Waals surface area (Å²) in [5.41, 5.74) is 0.808. The number of Topliss-reactive ketones (excluding diaryl/α,β-unsaturated/α-hetero) is 1. The third-order valence-corrected chi connectivity index (χ3v) is 3.20. The average molecular weight is 221 g/mol. The average Bonchev–Trinajstić information content (AvgIpc) is 2.30. The maximum atomic E-state index is 13.1. The first kappa shape index (κ1) is 11.3. The van der Waals surface area contributed by atoms with Gasteiger partial charge in [0.1, 0.15) is 11.6 Å². The minimum Gasteiger partial charge on any atom is -0.302 e. The Kier molecular flexibility index (Phi) is 3.34. The van der Waals surface area contributed by atoms with Gasteiger partial charge in [0.2, 0.25) is 0 Å². The molecule has 1 aromatic carbocycles. The van der Waals surface area contributed by atoms with E-state index in [-0.39, 0.29) is 17.5 Å². The predicted octanol–water partition coefficient (Wildman–Crippen LogP) is 2.20. The summed E-state index contributed by atoms with van der Waals surface area (Å²) in [7, 11) is 0. The topological polar surface area (TPSA) is 20.3 Å². The summed E-state index contributed by atoms with van der Waals surface area (Å²) < 4.78 is 13.1.